The molecule has 0 aromatic rings. The van der Waals surface area contributed by atoms with Gasteiger partial charge in [-0.1, -0.05) is 18.5 Å². The van der Waals surface area contributed by atoms with Gasteiger partial charge in [-0.3, -0.25) is 0 Å². The third-order valence-corrected chi connectivity index (χ3v) is 1.76. The summed E-state index contributed by atoms with van der Waals surface area (Å²) in [5, 5.41) is 1.42. The molecule has 0 aliphatic heterocycles. The quantitative estimate of drug-likeness (QED) is 0.502. The van der Waals surface area contributed by atoms with E-state index >= 15 is 0 Å². The predicted octanol–water partition coefficient (Wildman–Crippen LogP) is -0.0480. The lowest BCUT2D eigenvalue weighted by atomic mass is 10.3. The standard InChI is InChI=1S/C5H13NSi/c1-2-3-5(7)4-6/h4H,2-3,6H2,1,7H3. The van der Waals surface area contributed by atoms with Crippen molar-refractivity contribution in [3.05, 3.63) is 11.4 Å². The molecule has 2 N–H and O–H groups in total. The van der Waals surface area contributed by atoms with E-state index in [4.69, 9.17) is 5.73 Å². The number of hydrogen-bond donors (Lipinski definition) is 1. The van der Waals surface area contributed by atoms with Crippen LogP contribution in [-0.4, -0.2) is 10.2 Å². The Hall–Kier alpha value is -0.243. The average Bonchev–Trinajstić information content (AvgIpc) is 1.68. The van der Waals surface area contributed by atoms with Crippen molar-refractivity contribution in [2.24, 2.45) is 5.73 Å². The Bertz CT molecular complexity index is 68.5. The lowest BCUT2D eigenvalue weighted by Gasteiger charge is -1.90. The molecule has 0 bridgehead atoms. The summed E-state index contributed by atoms with van der Waals surface area (Å²) in [6.07, 6.45) is 4.16. The van der Waals surface area contributed by atoms with E-state index in [1.54, 1.807) is 6.20 Å². The monoisotopic (exact) mass is 115 g/mol. The minimum atomic E-state index is 1.14. The van der Waals surface area contributed by atoms with Gasteiger partial charge < -0.3 is 5.73 Å². The van der Waals surface area contributed by atoms with Crippen LogP contribution >= 0.6 is 0 Å². The second kappa shape index (κ2) is 3.93. The zero-order chi connectivity index (χ0) is 5.70. The minimum absolute atomic E-state index is 1.14. The molecule has 0 heterocycles. The molecule has 0 rings (SSSR count). The molecule has 0 amide bonds. The molecule has 0 atom stereocenters. The molecule has 2 heteroatoms. The van der Waals surface area contributed by atoms with Gasteiger partial charge in [-0.25, -0.2) is 0 Å². The van der Waals surface area contributed by atoms with Gasteiger partial charge in [-0.15, -0.1) is 0 Å². The van der Waals surface area contributed by atoms with Gasteiger partial charge >= 0.3 is 0 Å². The number of nitrogens with two attached hydrogens (primary N) is 1. The SMILES string of the molecule is CCCC([SiH3])=CN. The fourth-order valence-electron chi connectivity index (χ4n) is 0.478. The molecule has 0 radical (unpaired) electrons. The summed E-state index contributed by atoms with van der Waals surface area (Å²) in [5.74, 6) is 0. The summed E-state index contributed by atoms with van der Waals surface area (Å²) in [4.78, 5) is 0. The molecular formula is C5H13NSi. The van der Waals surface area contributed by atoms with Crippen molar-refractivity contribution in [1.82, 2.24) is 0 Å². The molecule has 0 unspecified atom stereocenters. The maximum absolute atomic E-state index is 5.23. The van der Waals surface area contributed by atoms with E-state index in [0.29, 0.717) is 0 Å². The van der Waals surface area contributed by atoms with Gasteiger partial charge in [0.05, 0.1) is 0 Å². The average molecular weight is 115 g/mol. The van der Waals surface area contributed by atoms with Crippen LogP contribution in [0.1, 0.15) is 19.8 Å². The minimum Gasteiger partial charge on any atom is -0.405 e. The highest BCUT2D eigenvalue weighted by Gasteiger charge is 1.80. The first-order valence-corrected chi connectivity index (χ1v) is 3.68. The Morgan fingerprint density at radius 1 is 1.86 bits per heavy atom. The van der Waals surface area contributed by atoms with Crippen LogP contribution in [0, 0.1) is 0 Å². The summed E-state index contributed by atoms with van der Waals surface area (Å²) in [5.41, 5.74) is 5.23. The van der Waals surface area contributed by atoms with Crippen LogP contribution in [0.15, 0.2) is 11.4 Å². The second-order valence-electron chi connectivity index (χ2n) is 1.76. The molecule has 1 nitrogen and oxygen atoms in total. The molecule has 42 valence electrons. The molecule has 0 aromatic heterocycles. The fraction of sp³-hybridized carbons (Fsp3) is 0.600. The van der Waals surface area contributed by atoms with Crippen molar-refractivity contribution in [3.63, 3.8) is 0 Å². The number of allylic oxidation sites excluding steroid dienone is 1. The smallest absolute Gasteiger partial charge is 0.0351 e. The number of hydrogen-bond acceptors (Lipinski definition) is 1. The molecule has 0 aliphatic rings. The highest BCUT2D eigenvalue weighted by molar-refractivity contribution is 6.21. The summed E-state index contributed by atoms with van der Waals surface area (Å²) >= 11 is 0. The third kappa shape index (κ3) is 3.59. The first kappa shape index (κ1) is 6.76. The normalized spacial score (nSPS) is 12.4. The van der Waals surface area contributed by atoms with Crippen molar-refractivity contribution in [3.8, 4) is 0 Å². The Labute approximate surface area is 48.0 Å². The maximum atomic E-state index is 5.23. The maximum Gasteiger partial charge on any atom is 0.0351 e. The van der Waals surface area contributed by atoms with Crippen LogP contribution in [0.2, 0.25) is 0 Å². The van der Waals surface area contributed by atoms with Crippen LogP contribution in [0.25, 0.3) is 0 Å². The third-order valence-electron chi connectivity index (χ3n) is 0.929. The van der Waals surface area contributed by atoms with Gasteiger partial charge in [-0.05, 0) is 12.6 Å². The van der Waals surface area contributed by atoms with E-state index in [9.17, 15) is 0 Å². The van der Waals surface area contributed by atoms with E-state index < -0.39 is 0 Å². The Balaban J connectivity index is 3.17. The van der Waals surface area contributed by atoms with Gasteiger partial charge in [0.15, 0.2) is 0 Å². The van der Waals surface area contributed by atoms with Crippen molar-refractivity contribution in [2.45, 2.75) is 19.8 Å². The fourth-order valence-corrected chi connectivity index (χ4v) is 0.978. The van der Waals surface area contributed by atoms with Gasteiger partial charge in [0.1, 0.15) is 0 Å². The molecule has 0 saturated carbocycles. The van der Waals surface area contributed by atoms with Crippen molar-refractivity contribution in [2.75, 3.05) is 0 Å². The van der Waals surface area contributed by atoms with Crippen molar-refractivity contribution in [1.29, 1.82) is 0 Å². The molecular weight excluding hydrogens is 102 g/mol. The predicted molar refractivity (Wildman–Crippen MR) is 37.1 cm³/mol. The van der Waals surface area contributed by atoms with E-state index in [2.05, 4.69) is 6.92 Å². The van der Waals surface area contributed by atoms with Gasteiger partial charge in [-0.2, -0.15) is 0 Å². The highest BCUT2D eigenvalue weighted by atomic mass is 28.1. The zero-order valence-electron chi connectivity index (χ0n) is 5.07. The first-order valence-electron chi connectivity index (χ1n) is 2.68. The first-order chi connectivity index (χ1) is 3.31. The van der Waals surface area contributed by atoms with Crippen LogP contribution in [-0.2, 0) is 0 Å². The van der Waals surface area contributed by atoms with Crippen molar-refractivity contribution < 1.29 is 0 Å². The van der Waals surface area contributed by atoms with Gasteiger partial charge in [0, 0.05) is 10.2 Å². The largest absolute Gasteiger partial charge is 0.405 e. The van der Waals surface area contributed by atoms with Crippen LogP contribution in [0.5, 0.6) is 0 Å². The Kier molecular flexibility index (Phi) is 3.79. The summed E-state index contributed by atoms with van der Waals surface area (Å²) in [6.45, 7) is 2.17. The van der Waals surface area contributed by atoms with Gasteiger partial charge in [0.2, 0.25) is 0 Å². The molecule has 0 fully saturated rings. The lowest BCUT2D eigenvalue weighted by molar-refractivity contribution is 0.941. The summed E-state index contributed by atoms with van der Waals surface area (Å²) in [6, 6.07) is 0. The molecule has 0 aliphatic carbocycles. The second-order valence-corrected chi connectivity index (χ2v) is 3.05. The lowest BCUT2D eigenvalue weighted by Crippen LogP contribution is -1.86. The van der Waals surface area contributed by atoms with E-state index in [1.807, 2.05) is 0 Å². The Morgan fingerprint density at radius 2 is 2.43 bits per heavy atom. The molecule has 7 heavy (non-hydrogen) atoms. The van der Waals surface area contributed by atoms with Crippen LogP contribution in [0.4, 0.5) is 0 Å². The zero-order valence-corrected chi connectivity index (χ0v) is 7.07. The van der Waals surface area contributed by atoms with Crippen molar-refractivity contribution >= 4 is 10.2 Å². The molecule has 0 saturated heterocycles. The molecule has 0 aromatic carbocycles. The topological polar surface area (TPSA) is 26.0 Å². The molecule has 0 spiro atoms. The van der Waals surface area contributed by atoms with E-state index in [-0.39, 0.29) is 0 Å². The van der Waals surface area contributed by atoms with E-state index in [0.717, 1.165) is 10.2 Å². The highest BCUT2D eigenvalue weighted by Crippen LogP contribution is 1.94. The Morgan fingerprint density at radius 3 is 2.57 bits per heavy atom. The van der Waals surface area contributed by atoms with E-state index in [1.165, 1.54) is 18.0 Å². The summed E-state index contributed by atoms with van der Waals surface area (Å²) in [7, 11) is 1.14. The van der Waals surface area contributed by atoms with Crippen LogP contribution in [0.3, 0.4) is 0 Å². The summed E-state index contributed by atoms with van der Waals surface area (Å²) < 4.78 is 0. The van der Waals surface area contributed by atoms with Gasteiger partial charge in [0.25, 0.3) is 0 Å². The van der Waals surface area contributed by atoms with Crippen LogP contribution < -0.4 is 5.73 Å². The number of rotatable bonds is 2.